The Hall–Kier alpha value is -1.85. The largest absolute Gasteiger partial charge is 0.508 e. The van der Waals surface area contributed by atoms with Gasteiger partial charge in [-0.1, -0.05) is 23.7 Å². The van der Waals surface area contributed by atoms with Gasteiger partial charge in [0.2, 0.25) is 0 Å². The van der Waals surface area contributed by atoms with Gasteiger partial charge in [-0.3, -0.25) is 0 Å². The van der Waals surface area contributed by atoms with E-state index in [0.717, 1.165) is 18.7 Å². The fourth-order valence-corrected chi connectivity index (χ4v) is 2.72. The number of aliphatic hydroxyl groups excluding tert-OH is 1. The predicted molar refractivity (Wildman–Crippen MR) is 78.9 cm³/mol. The lowest BCUT2D eigenvalue weighted by atomic mass is 10.1. The molecule has 112 valence electrons. The third-order valence-electron chi connectivity index (χ3n) is 3.88. The van der Waals surface area contributed by atoms with Gasteiger partial charge in [0.25, 0.3) is 0 Å². The molecule has 2 heterocycles. The highest BCUT2D eigenvalue weighted by Crippen LogP contribution is 2.26. The average molecular weight is 288 g/mol. The van der Waals surface area contributed by atoms with Crippen LogP contribution >= 0.6 is 0 Å². The first-order chi connectivity index (χ1) is 10.2. The van der Waals surface area contributed by atoms with Gasteiger partial charge in [0, 0.05) is 18.2 Å². The predicted octanol–water partition coefficient (Wildman–Crippen LogP) is 2.57. The lowest BCUT2D eigenvalue weighted by molar-refractivity contribution is 0.0959. The first-order valence-corrected chi connectivity index (χ1v) is 7.39. The molecule has 5 nitrogen and oxygen atoms in total. The van der Waals surface area contributed by atoms with E-state index in [4.69, 9.17) is 4.52 Å². The van der Waals surface area contributed by atoms with Gasteiger partial charge in [0.15, 0.2) is 5.76 Å². The van der Waals surface area contributed by atoms with Crippen LogP contribution in [0.2, 0.25) is 0 Å². The summed E-state index contributed by atoms with van der Waals surface area (Å²) in [5, 5.41) is 23.7. The number of aromatic hydroxyl groups is 1. The van der Waals surface area contributed by atoms with Crippen molar-refractivity contribution in [2.75, 3.05) is 19.6 Å². The number of piperidine rings is 1. The maximum absolute atomic E-state index is 10.3. The molecule has 0 aliphatic carbocycles. The lowest BCUT2D eigenvalue weighted by Gasteiger charge is -2.27. The van der Waals surface area contributed by atoms with E-state index in [1.165, 1.54) is 19.3 Å². The Labute approximate surface area is 123 Å². The Morgan fingerprint density at radius 3 is 2.76 bits per heavy atom. The first-order valence-electron chi connectivity index (χ1n) is 7.39. The molecule has 0 spiro atoms. The fraction of sp³-hybridized carbons (Fsp3) is 0.438. The van der Waals surface area contributed by atoms with Crippen LogP contribution in [0.4, 0.5) is 0 Å². The van der Waals surface area contributed by atoms with E-state index in [1.807, 2.05) is 6.07 Å². The van der Waals surface area contributed by atoms with Gasteiger partial charge >= 0.3 is 0 Å². The number of β-amino-alcohol motifs (C(OH)–C–C–N with tert-alkyl or cyclic N) is 1. The smallest absolute Gasteiger partial charge is 0.167 e. The molecule has 1 fully saturated rings. The molecule has 1 aliphatic heterocycles. The Balaban J connectivity index is 1.69. The molecule has 1 aromatic heterocycles. The van der Waals surface area contributed by atoms with Crippen LogP contribution < -0.4 is 0 Å². The van der Waals surface area contributed by atoms with E-state index >= 15 is 0 Å². The van der Waals surface area contributed by atoms with Crippen LogP contribution in [0.1, 0.15) is 31.1 Å². The molecule has 0 amide bonds. The maximum atomic E-state index is 10.3. The fourth-order valence-electron chi connectivity index (χ4n) is 2.72. The molecule has 3 rings (SSSR count). The molecule has 0 saturated carbocycles. The van der Waals surface area contributed by atoms with E-state index in [-0.39, 0.29) is 5.75 Å². The standard InChI is InChI=1S/C16H20N2O3/c19-13-6-4-5-12(9-13)16-10-14(17-21-16)15(20)11-18-7-2-1-3-8-18/h4-6,9-10,15,19-20H,1-3,7-8,11H2. The molecule has 1 saturated heterocycles. The van der Waals surface area contributed by atoms with Gasteiger partial charge in [0.05, 0.1) is 0 Å². The Kier molecular flexibility index (Phi) is 4.22. The molecule has 1 atom stereocenters. The Morgan fingerprint density at radius 1 is 1.19 bits per heavy atom. The van der Waals surface area contributed by atoms with E-state index < -0.39 is 6.10 Å². The second kappa shape index (κ2) is 6.28. The first kappa shape index (κ1) is 14.1. The highest BCUT2D eigenvalue weighted by Gasteiger charge is 2.19. The van der Waals surface area contributed by atoms with Crippen molar-refractivity contribution >= 4 is 0 Å². The normalized spacial score (nSPS) is 17.8. The van der Waals surface area contributed by atoms with Gasteiger partial charge in [-0.15, -0.1) is 0 Å². The summed E-state index contributed by atoms with van der Waals surface area (Å²) in [5.74, 6) is 0.734. The van der Waals surface area contributed by atoms with Crippen LogP contribution in [0.3, 0.4) is 0 Å². The van der Waals surface area contributed by atoms with Gasteiger partial charge < -0.3 is 19.6 Å². The number of hydrogen-bond donors (Lipinski definition) is 2. The molecule has 5 heteroatoms. The minimum absolute atomic E-state index is 0.180. The van der Waals surface area contributed by atoms with E-state index in [9.17, 15) is 10.2 Å². The third kappa shape index (κ3) is 3.43. The van der Waals surface area contributed by atoms with Crippen molar-refractivity contribution in [3.8, 4) is 17.1 Å². The van der Waals surface area contributed by atoms with E-state index in [2.05, 4.69) is 10.1 Å². The summed E-state index contributed by atoms with van der Waals surface area (Å²) in [7, 11) is 0. The van der Waals surface area contributed by atoms with Gasteiger partial charge in [-0.2, -0.15) is 0 Å². The van der Waals surface area contributed by atoms with Crippen LogP contribution in [0.5, 0.6) is 5.75 Å². The summed E-state index contributed by atoms with van der Waals surface area (Å²) in [6, 6.07) is 8.54. The highest BCUT2D eigenvalue weighted by atomic mass is 16.5. The van der Waals surface area contributed by atoms with Crippen molar-refractivity contribution in [2.24, 2.45) is 0 Å². The van der Waals surface area contributed by atoms with Crippen molar-refractivity contribution in [3.05, 3.63) is 36.0 Å². The maximum Gasteiger partial charge on any atom is 0.167 e. The van der Waals surface area contributed by atoms with Gasteiger partial charge in [-0.05, 0) is 38.1 Å². The van der Waals surface area contributed by atoms with Crippen LogP contribution in [-0.2, 0) is 0 Å². The van der Waals surface area contributed by atoms with Crippen molar-refractivity contribution < 1.29 is 14.7 Å². The van der Waals surface area contributed by atoms with Gasteiger partial charge in [0.1, 0.15) is 17.5 Å². The van der Waals surface area contributed by atoms with E-state index in [1.54, 1.807) is 24.3 Å². The second-order valence-corrected chi connectivity index (χ2v) is 5.54. The highest BCUT2D eigenvalue weighted by molar-refractivity contribution is 5.59. The van der Waals surface area contributed by atoms with Crippen LogP contribution in [-0.4, -0.2) is 39.9 Å². The zero-order valence-electron chi connectivity index (χ0n) is 11.9. The number of phenolic OH excluding ortho intramolecular Hbond substituents is 1. The van der Waals surface area contributed by atoms with Crippen LogP contribution in [0.15, 0.2) is 34.9 Å². The number of phenols is 1. The van der Waals surface area contributed by atoms with Crippen molar-refractivity contribution in [2.45, 2.75) is 25.4 Å². The number of nitrogens with zero attached hydrogens (tertiary/aromatic N) is 2. The number of benzene rings is 1. The summed E-state index contributed by atoms with van der Waals surface area (Å²) in [4.78, 5) is 2.26. The molecule has 1 aromatic carbocycles. The number of rotatable bonds is 4. The SMILES string of the molecule is Oc1cccc(-c2cc(C(O)CN3CCCCC3)no2)c1. The number of aliphatic hydroxyl groups is 1. The lowest BCUT2D eigenvalue weighted by Crippen LogP contribution is -2.33. The summed E-state index contributed by atoms with van der Waals surface area (Å²) < 4.78 is 5.28. The molecule has 1 unspecified atom stereocenters. The summed E-state index contributed by atoms with van der Waals surface area (Å²) in [6.07, 6.45) is 3.02. The molecule has 2 aromatic rings. The minimum Gasteiger partial charge on any atom is -0.508 e. The molecule has 2 N–H and O–H groups in total. The summed E-state index contributed by atoms with van der Waals surface area (Å²) in [6.45, 7) is 2.66. The van der Waals surface area contributed by atoms with Crippen LogP contribution in [0, 0.1) is 0 Å². The number of likely N-dealkylation sites (tertiary alicyclic amines) is 1. The summed E-state index contributed by atoms with van der Waals surface area (Å²) in [5.41, 5.74) is 1.29. The molecule has 0 bridgehead atoms. The van der Waals surface area contributed by atoms with E-state index in [0.29, 0.717) is 18.0 Å². The Morgan fingerprint density at radius 2 is 2.00 bits per heavy atom. The van der Waals surface area contributed by atoms with Crippen LogP contribution in [0.25, 0.3) is 11.3 Å². The number of aromatic nitrogens is 1. The molecule has 1 aliphatic rings. The Bertz CT molecular complexity index is 591. The zero-order valence-corrected chi connectivity index (χ0v) is 11.9. The molecular formula is C16H20N2O3. The topological polar surface area (TPSA) is 69.7 Å². The van der Waals surface area contributed by atoms with Crippen molar-refractivity contribution in [3.63, 3.8) is 0 Å². The summed E-state index contributed by atoms with van der Waals surface area (Å²) >= 11 is 0. The quantitative estimate of drug-likeness (QED) is 0.905. The zero-order chi connectivity index (χ0) is 14.7. The monoisotopic (exact) mass is 288 g/mol. The van der Waals surface area contributed by atoms with Crippen molar-refractivity contribution in [1.82, 2.24) is 10.1 Å². The molecular weight excluding hydrogens is 268 g/mol. The van der Waals surface area contributed by atoms with Gasteiger partial charge in [-0.25, -0.2) is 0 Å². The second-order valence-electron chi connectivity index (χ2n) is 5.54. The minimum atomic E-state index is -0.641. The molecule has 0 radical (unpaired) electrons. The molecule has 21 heavy (non-hydrogen) atoms. The third-order valence-corrected chi connectivity index (χ3v) is 3.88. The number of hydrogen-bond acceptors (Lipinski definition) is 5. The van der Waals surface area contributed by atoms with Crippen molar-refractivity contribution in [1.29, 1.82) is 0 Å². The average Bonchev–Trinajstić information content (AvgIpc) is 2.98.